The summed E-state index contributed by atoms with van der Waals surface area (Å²) in [5, 5.41) is 16.8. The standard InChI is InChI=1S/C15H19N5/c1-5-18-15-12(8-16)14(17)20(19-15)13-10(3)6-9(2)7-11(13)4/h6-7H,5,17H2,1-4H3,(H,18,19). The molecule has 3 N–H and O–H groups in total. The molecule has 0 aliphatic rings. The van der Waals surface area contributed by atoms with Gasteiger partial charge in [0.1, 0.15) is 17.5 Å². The van der Waals surface area contributed by atoms with Crippen LogP contribution in [0.3, 0.4) is 0 Å². The molecule has 0 fully saturated rings. The molecule has 0 aliphatic heterocycles. The Morgan fingerprint density at radius 2 is 1.90 bits per heavy atom. The molecule has 1 heterocycles. The third-order valence-corrected chi connectivity index (χ3v) is 3.22. The summed E-state index contributed by atoms with van der Waals surface area (Å²) in [4.78, 5) is 0. The van der Waals surface area contributed by atoms with Crippen LogP contribution in [-0.2, 0) is 0 Å². The summed E-state index contributed by atoms with van der Waals surface area (Å²) < 4.78 is 1.65. The highest BCUT2D eigenvalue weighted by Gasteiger charge is 2.18. The highest BCUT2D eigenvalue weighted by Crippen LogP contribution is 2.28. The van der Waals surface area contributed by atoms with Crippen LogP contribution in [0, 0.1) is 32.1 Å². The minimum absolute atomic E-state index is 0.374. The molecular formula is C15H19N5. The number of nitrogens with one attached hydrogen (secondary N) is 1. The lowest BCUT2D eigenvalue weighted by Gasteiger charge is -2.12. The third-order valence-electron chi connectivity index (χ3n) is 3.22. The molecule has 0 aliphatic carbocycles. The smallest absolute Gasteiger partial charge is 0.168 e. The molecule has 1 aromatic carbocycles. The van der Waals surface area contributed by atoms with Crippen LogP contribution in [0.25, 0.3) is 5.69 Å². The molecule has 0 bridgehead atoms. The van der Waals surface area contributed by atoms with Crippen LogP contribution in [0.2, 0.25) is 0 Å². The summed E-state index contributed by atoms with van der Waals surface area (Å²) >= 11 is 0. The van der Waals surface area contributed by atoms with Gasteiger partial charge in [-0.3, -0.25) is 0 Å². The van der Waals surface area contributed by atoms with Crippen molar-refractivity contribution in [3.63, 3.8) is 0 Å². The number of nitrogen functional groups attached to an aromatic ring is 1. The first-order valence-electron chi connectivity index (χ1n) is 6.60. The molecular weight excluding hydrogens is 250 g/mol. The van der Waals surface area contributed by atoms with E-state index in [9.17, 15) is 5.26 Å². The van der Waals surface area contributed by atoms with Crippen molar-refractivity contribution in [2.24, 2.45) is 0 Å². The molecule has 0 atom stereocenters. The van der Waals surface area contributed by atoms with Gasteiger partial charge in [0.2, 0.25) is 0 Å². The highest BCUT2D eigenvalue weighted by molar-refractivity contribution is 5.67. The van der Waals surface area contributed by atoms with Crippen LogP contribution in [-0.4, -0.2) is 16.3 Å². The van der Waals surface area contributed by atoms with Gasteiger partial charge in [-0.05, 0) is 38.8 Å². The van der Waals surface area contributed by atoms with Gasteiger partial charge in [0.15, 0.2) is 5.82 Å². The van der Waals surface area contributed by atoms with Gasteiger partial charge in [-0.1, -0.05) is 17.7 Å². The molecule has 2 aromatic rings. The van der Waals surface area contributed by atoms with E-state index in [0.29, 0.717) is 23.7 Å². The van der Waals surface area contributed by atoms with E-state index in [1.807, 2.05) is 20.8 Å². The van der Waals surface area contributed by atoms with Gasteiger partial charge < -0.3 is 11.1 Å². The monoisotopic (exact) mass is 269 g/mol. The minimum atomic E-state index is 0.374. The second kappa shape index (κ2) is 5.25. The van der Waals surface area contributed by atoms with Crippen molar-refractivity contribution >= 4 is 11.6 Å². The normalized spacial score (nSPS) is 10.3. The largest absolute Gasteiger partial charge is 0.382 e. The van der Waals surface area contributed by atoms with Crippen molar-refractivity contribution in [3.8, 4) is 11.8 Å². The van der Waals surface area contributed by atoms with Crippen LogP contribution in [0.15, 0.2) is 12.1 Å². The second-order valence-corrected chi connectivity index (χ2v) is 4.91. The average molecular weight is 269 g/mol. The third kappa shape index (κ3) is 2.21. The predicted octanol–water partition coefficient (Wildman–Crippen LogP) is 2.68. The Kier molecular flexibility index (Phi) is 3.66. The lowest BCUT2D eigenvalue weighted by Crippen LogP contribution is -2.07. The fraction of sp³-hybridized carbons (Fsp3) is 0.333. The number of anilines is 2. The van der Waals surface area contributed by atoms with Crippen LogP contribution < -0.4 is 11.1 Å². The number of aryl methyl sites for hydroxylation is 3. The number of benzene rings is 1. The quantitative estimate of drug-likeness (QED) is 0.897. The van der Waals surface area contributed by atoms with Crippen LogP contribution in [0.5, 0.6) is 0 Å². The summed E-state index contributed by atoms with van der Waals surface area (Å²) in [6.07, 6.45) is 0. The van der Waals surface area contributed by atoms with Crippen molar-refractivity contribution in [3.05, 3.63) is 34.4 Å². The van der Waals surface area contributed by atoms with Crippen LogP contribution in [0.1, 0.15) is 29.2 Å². The predicted molar refractivity (Wildman–Crippen MR) is 81.1 cm³/mol. The molecule has 0 radical (unpaired) electrons. The molecule has 0 saturated carbocycles. The molecule has 20 heavy (non-hydrogen) atoms. The Bertz CT molecular complexity index is 668. The SMILES string of the molecule is CCNc1nn(-c2c(C)cc(C)cc2C)c(N)c1C#N. The maximum Gasteiger partial charge on any atom is 0.168 e. The maximum atomic E-state index is 9.25. The first-order valence-corrected chi connectivity index (χ1v) is 6.60. The van der Waals surface area contributed by atoms with E-state index in [2.05, 4.69) is 35.5 Å². The Morgan fingerprint density at radius 1 is 1.30 bits per heavy atom. The first-order chi connectivity index (χ1) is 9.49. The van der Waals surface area contributed by atoms with Gasteiger partial charge in [0, 0.05) is 6.54 Å². The number of aromatic nitrogens is 2. The average Bonchev–Trinajstić information content (AvgIpc) is 2.65. The summed E-state index contributed by atoms with van der Waals surface area (Å²) in [5.41, 5.74) is 10.8. The van der Waals surface area contributed by atoms with Crippen molar-refractivity contribution in [2.45, 2.75) is 27.7 Å². The van der Waals surface area contributed by atoms with Gasteiger partial charge in [0.25, 0.3) is 0 Å². The zero-order chi connectivity index (χ0) is 14.9. The fourth-order valence-corrected chi connectivity index (χ4v) is 2.51. The molecule has 0 saturated heterocycles. The summed E-state index contributed by atoms with van der Waals surface area (Å²) in [6, 6.07) is 6.29. The van der Waals surface area contributed by atoms with E-state index >= 15 is 0 Å². The Hall–Kier alpha value is -2.48. The highest BCUT2D eigenvalue weighted by atomic mass is 15.3. The topological polar surface area (TPSA) is 79.7 Å². The van der Waals surface area contributed by atoms with Crippen molar-refractivity contribution < 1.29 is 0 Å². The van der Waals surface area contributed by atoms with E-state index in [4.69, 9.17) is 5.73 Å². The van der Waals surface area contributed by atoms with Gasteiger partial charge in [-0.15, -0.1) is 5.10 Å². The molecule has 0 unspecified atom stereocenters. The zero-order valence-electron chi connectivity index (χ0n) is 12.3. The second-order valence-electron chi connectivity index (χ2n) is 4.91. The lowest BCUT2D eigenvalue weighted by atomic mass is 10.1. The molecule has 0 spiro atoms. The number of nitrogens with zero attached hydrogens (tertiary/aromatic N) is 3. The molecule has 5 heteroatoms. The van der Waals surface area contributed by atoms with Gasteiger partial charge in [-0.2, -0.15) is 5.26 Å². The molecule has 0 amide bonds. The number of rotatable bonds is 3. The summed E-state index contributed by atoms with van der Waals surface area (Å²) in [5.74, 6) is 0.908. The molecule has 1 aromatic heterocycles. The van der Waals surface area contributed by atoms with E-state index in [1.165, 1.54) is 5.56 Å². The van der Waals surface area contributed by atoms with E-state index in [1.54, 1.807) is 4.68 Å². The van der Waals surface area contributed by atoms with E-state index < -0.39 is 0 Å². The first kappa shape index (κ1) is 13.9. The maximum absolute atomic E-state index is 9.25. The van der Waals surface area contributed by atoms with E-state index in [-0.39, 0.29) is 0 Å². The van der Waals surface area contributed by atoms with Gasteiger partial charge >= 0.3 is 0 Å². The number of hydrogen-bond donors (Lipinski definition) is 2. The molecule has 5 nitrogen and oxygen atoms in total. The van der Waals surface area contributed by atoms with Crippen molar-refractivity contribution in [1.29, 1.82) is 5.26 Å². The lowest BCUT2D eigenvalue weighted by molar-refractivity contribution is 0.873. The Labute approximate surface area is 119 Å². The van der Waals surface area contributed by atoms with Crippen LogP contribution in [0.4, 0.5) is 11.6 Å². The Balaban J connectivity index is 2.69. The van der Waals surface area contributed by atoms with Crippen molar-refractivity contribution in [2.75, 3.05) is 17.6 Å². The summed E-state index contributed by atoms with van der Waals surface area (Å²) in [7, 11) is 0. The van der Waals surface area contributed by atoms with Crippen LogP contribution >= 0.6 is 0 Å². The van der Waals surface area contributed by atoms with Gasteiger partial charge in [-0.25, -0.2) is 4.68 Å². The van der Waals surface area contributed by atoms with Crippen molar-refractivity contribution in [1.82, 2.24) is 9.78 Å². The Morgan fingerprint density at radius 3 is 2.40 bits per heavy atom. The fourth-order valence-electron chi connectivity index (χ4n) is 2.51. The minimum Gasteiger partial charge on any atom is -0.382 e. The zero-order valence-corrected chi connectivity index (χ0v) is 12.3. The number of hydrogen-bond acceptors (Lipinski definition) is 4. The number of nitriles is 1. The summed E-state index contributed by atoms with van der Waals surface area (Å²) in [6.45, 7) is 8.75. The molecule has 2 rings (SSSR count). The van der Waals surface area contributed by atoms with E-state index in [0.717, 1.165) is 16.8 Å². The molecule has 104 valence electrons. The number of nitrogens with two attached hydrogens (primary N) is 1. The van der Waals surface area contributed by atoms with Gasteiger partial charge in [0.05, 0.1) is 5.69 Å².